The molecule has 0 saturated heterocycles. The Labute approximate surface area is 104 Å². The fourth-order valence-electron chi connectivity index (χ4n) is 0.991. The summed E-state index contributed by atoms with van der Waals surface area (Å²) in [6, 6.07) is 6.67. The molecule has 15 heavy (non-hydrogen) atoms. The van der Waals surface area contributed by atoms with Crippen LogP contribution >= 0.6 is 25.3 Å². The van der Waals surface area contributed by atoms with E-state index in [1.807, 2.05) is 0 Å². The highest BCUT2D eigenvalue weighted by atomic mass is 32.1. The van der Waals surface area contributed by atoms with E-state index in [1.54, 1.807) is 24.3 Å². The first-order valence-electron chi connectivity index (χ1n) is 5.29. The summed E-state index contributed by atoms with van der Waals surface area (Å²) in [7, 11) is 0. The van der Waals surface area contributed by atoms with Gasteiger partial charge in [-0.15, -0.1) is 12.6 Å². The summed E-state index contributed by atoms with van der Waals surface area (Å²) >= 11 is 8.11. The molecule has 0 amide bonds. The minimum atomic E-state index is 0.280. The summed E-state index contributed by atoms with van der Waals surface area (Å²) in [6.07, 6.45) is 5.35. The normalized spacial score (nSPS) is 9.27. The van der Waals surface area contributed by atoms with Crippen molar-refractivity contribution < 1.29 is 5.11 Å². The second-order valence-electron chi connectivity index (χ2n) is 3.30. The van der Waals surface area contributed by atoms with Crippen molar-refractivity contribution >= 4 is 25.3 Å². The maximum absolute atomic E-state index is 8.72. The number of hydrogen-bond donors (Lipinski definition) is 3. The molecule has 1 N–H and O–H groups in total. The van der Waals surface area contributed by atoms with Crippen LogP contribution in [0.5, 0.6) is 5.75 Å². The van der Waals surface area contributed by atoms with Gasteiger partial charge in [0.15, 0.2) is 0 Å². The standard InChI is InChI=1S/C6H6OS.C6H14S/c7-5-1-3-6(8)4-2-5;1-2-3-4-5-6-7/h1-4,7-8H;7H,2-6H2,1H3. The molecule has 1 rings (SSSR count). The van der Waals surface area contributed by atoms with E-state index in [0.717, 1.165) is 10.6 Å². The Morgan fingerprint density at radius 2 is 1.67 bits per heavy atom. The second-order valence-corrected chi connectivity index (χ2v) is 4.26. The van der Waals surface area contributed by atoms with Crippen molar-refractivity contribution in [1.29, 1.82) is 0 Å². The Balaban J connectivity index is 0.000000265. The van der Waals surface area contributed by atoms with Crippen LogP contribution in [0, 0.1) is 0 Å². The van der Waals surface area contributed by atoms with Gasteiger partial charge < -0.3 is 5.11 Å². The number of unbranched alkanes of at least 4 members (excludes halogenated alkanes) is 3. The zero-order valence-corrected chi connectivity index (χ0v) is 11.0. The Hall–Kier alpha value is -0.280. The highest BCUT2D eigenvalue weighted by Gasteiger charge is 1.83. The van der Waals surface area contributed by atoms with Gasteiger partial charge in [0, 0.05) is 4.90 Å². The van der Waals surface area contributed by atoms with Gasteiger partial charge in [-0.1, -0.05) is 26.2 Å². The van der Waals surface area contributed by atoms with Gasteiger partial charge in [0.1, 0.15) is 5.75 Å². The predicted octanol–water partition coefficient (Wildman–Crippen LogP) is 4.18. The van der Waals surface area contributed by atoms with Crippen LogP contribution in [-0.4, -0.2) is 10.9 Å². The highest BCUT2D eigenvalue weighted by molar-refractivity contribution is 7.80. The molecule has 0 unspecified atom stereocenters. The zero-order valence-electron chi connectivity index (χ0n) is 9.19. The Morgan fingerprint density at radius 3 is 2.07 bits per heavy atom. The quantitative estimate of drug-likeness (QED) is 0.536. The van der Waals surface area contributed by atoms with Gasteiger partial charge in [-0.2, -0.15) is 12.6 Å². The zero-order chi connectivity index (χ0) is 11.5. The van der Waals surface area contributed by atoms with Gasteiger partial charge in [-0.3, -0.25) is 0 Å². The molecule has 1 aromatic rings. The van der Waals surface area contributed by atoms with Gasteiger partial charge >= 0.3 is 0 Å². The molecule has 0 aliphatic heterocycles. The lowest BCUT2D eigenvalue weighted by Gasteiger charge is -1.90. The first-order valence-corrected chi connectivity index (χ1v) is 6.37. The molecule has 86 valence electrons. The van der Waals surface area contributed by atoms with E-state index < -0.39 is 0 Å². The SMILES string of the molecule is CCCCCCS.Oc1ccc(S)cc1. The van der Waals surface area contributed by atoms with Crippen LogP contribution in [0.1, 0.15) is 32.6 Å². The number of thiol groups is 2. The molecule has 3 heteroatoms. The van der Waals surface area contributed by atoms with Crippen molar-refractivity contribution in [3.63, 3.8) is 0 Å². The number of phenols is 1. The molecule has 0 aromatic heterocycles. The number of hydrogen-bond acceptors (Lipinski definition) is 3. The highest BCUT2D eigenvalue weighted by Crippen LogP contribution is 2.11. The van der Waals surface area contributed by atoms with Crippen LogP contribution in [0.3, 0.4) is 0 Å². The lowest BCUT2D eigenvalue weighted by atomic mass is 10.2. The van der Waals surface area contributed by atoms with Crippen LogP contribution in [-0.2, 0) is 0 Å². The molecule has 0 aliphatic rings. The molecule has 1 nitrogen and oxygen atoms in total. The summed E-state index contributed by atoms with van der Waals surface area (Å²) in [5.41, 5.74) is 0. The van der Waals surface area contributed by atoms with E-state index in [9.17, 15) is 0 Å². The number of aromatic hydroxyl groups is 1. The van der Waals surface area contributed by atoms with Gasteiger partial charge in [0.05, 0.1) is 0 Å². The third-order valence-electron chi connectivity index (χ3n) is 1.86. The first-order chi connectivity index (χ1) is 7.20. The maximum Gasteiger partial charge on any atom is 0.115 e. The summed E-state index contributed by atoms with van der Waals surface area (Å²) in [4.78, 5) is 0.864. The summed E-state index contributed by atoms with van der Waals surface area (Å²) in [6.45, 7) is 2.22. The average molecular weight is 244 g/mol. The topological polar surface area (TPSA) is 20.2 Å². The van der Waals surface area contributed by atoms with E-state index in [0.29, 0.717) is 0 Å². The monoisotopic (exact) mass is 244 g/mol. The molecule has 0 heterocycles. The Bertz CT molecular complexity index is 209. The van der Waals surface area contributed by atoms with E-state index in [4.69, 9.17) is 5.11 Å². The fraction of sp³-hybridized carbons (Fsp3) is 0.500. The molecular weight excluding hydrogens is 224 g/mol. The maximum atomic E-state index is 8.72. The minimum Gasteiger partial charge on any atom is -0.508 e. The van der Waals surface area contributed by atoms with Crippen LogP contribution in [0.25, 0.3) is 0 Å². The van der Waals surface area contributed by atoms with Gasteiger partial charge in [0.2, 0.25) is 0 Å². The summed E-state index contributed by atoms with van der Waals surface area (Å²) in [5.74, 6) is 1.34. The first kappa shape index (κ1) is 14.7. The molecule has 0 fully saturated rings. The molecule has 0 saturated carbocycles. The van der Waals surface area contributed by atoms with Crippen molar-refractivity contribution in [2.45, 2.75) is 37.5 Å². The number of rotatable bonds is 4. The number of benzene rings is 1. The van der Waals surface area contributed by atoms with Crippen molar-refractivity contribution in [2.24, 2.45) is 0 Å². The van der Waals surface area contributed by atoms with Gasteiger partial charge in [-0.05, 0) is 36.4 Å². The molecule has 0 radical (unpaired) electrons. The average Bonchev–Trinajstić information content (AvgIpc) is 2.24. The summed E-state index contributed by atoms with van der Waals surface area (Å²) < 4.78 is 0. The minimum absolute atomic E-state index is 0.280. The molecule has 0 spiro atoms. The van der Waals surface area contributed by atoms with Crippen molar-refractivity contribution in [3.05, 3.63) is 24.3 Å². The third-order valence-corrected chi connectivity index (χ3v) is 2.48. The lowest BCUT2D eigenvalue weighted by Crippen LogP contribution is -1.74. The van der Waals surface area contributed by atoms with Crippen molar-refractivity contribution in [3.8, 4) is 5.75 Å². The summed E-state index contributed by atoms with van der Waals surface area (Å²) in [5, 5.41) is 8.72. The van der Waals surface area contributed by atoms with E-state index in [2.05, 4.69) is 32.2 Å². The van der Waals surface area contributed by atoms with Crippen LogP contribution < -0.4 is 0 Å². The Morgan fingerprint density at radius 1 is 1.07 bits per heavy atom. The smallest absolute Gasteiger partial charge is 0.115 e. The van der Waals surface area contributed by atoms with Crippen molar-refractivity contribution in [1.82, 2.24) is 0 Å². The van der Waals surface area contributed by atoms with E-state index in [-0.39, 0.29) is 5.75 Å². The molecule has 1 aromatic carbocycles. The van der Waals surface area contributed by atoms with Crippen LogP contribution in [0.4, 0.5) is 0 Å². The van der Waals surface area contributed by atoms with Crippen LogP contribution in [0.2, 0.25) is 0 Å². The van der Waals surface area contributed by atoms with E-state index in [1.165, 1.54) is 25.7 Å². The Kier molecular flexibility index (Phi) is 10.1. The molecule has 0 aliphatic carbocycles. The van der Waals surface area contributed by atoms with Crippen LogP contribution in [0.15, 0.2) is 29.2 Å². The molecular formula is C12H20OS2. The fourth-order valence-corrected chi connectivity index (χ4v) is 1.36. The molecule has 0 bridgehead atoms. The predicted molar refractivity (Wildman–Crippen MR) is 73.4 cm³/mol. The van der Waals surface area contributed by atoms with Gasteiger partial charge in [0.25, 0.3) is 0 Å². The largest absolute Gasteiger partial charge is 0.508 e. The molecule has 0 atom stereocenters. The van der Waals surface area contributed by atoms with Crippen molar-refractivity contribution in [2.75, 3.05) is 5.75 Å². The number of phenolic OH excluding ortho intramolecular Hbond substituents is 1. The van der Waals surface area contributed by atoms with Gasteiger partial charge in [-0.25, -0.2) is 0 Å². The second kappa shape index (κ2) is 10.2. The lowest BCUT2D eigenvalue weighted by molar-refractivity contribution is 0.475. The third kappa shape index (κ3) is 10.0. The van der Waals surface area contributed by atoms with E-state index >= 15 is 0 Å².